The number of benzene rings is 1. The second-order valence-electron chi connectivity index (χ2n) is 4.06. The van der Waals surface area contributed by atoms with E-state index in [1.165, 1.54) is 18.3 Å². The molecule has 0 fully saturated rings. The zero-order valence-corrected chi connectivity index (χ0v) is 10.4. The number of carbonyl (C=O) groups is 1. The molecule has 100 valence electrons. The number of nitrogens with zero attached hydrogens (tertiary/aromatic N) is 2. The van der Waals surface area contributed by atoms with Crippen LogP contribution in [0.5, 0.6) is 0 Å². The Morgan fingerprint density at radius 2 is 2.05 bits per heavy atom. The molecular weight excluding hydrogens is 260 g/mol. The highest BCUT2D eigenvalue weighted by molar-refractivity contribution is 5.85. The molecule has 20 heavy (non-hydrogen) atoms. The first-order valence-electron chi connectivity index (χ1n) is 5.94. The van der Waals surface area contributed by atoms with Gasteiger partial charge in [0.1, 0.15) is 5.52 Å². The highest BCUT2D eigenvalue weighted by Gasteiger charge is 2.18. The van der Waals surface area contributed by atoms with Crippen molar-refractivity contribution in [2.24, 2.45) is 0 Å². The van der Waals surface area contributed by atoms with Crippen LogP contribution in [-0.4, -0.2) is 11.0 Å². The second-order valence-corrected chi connectivity index (χ2v) is 4.06. The van der Waals surface area contributed by atoms with E-state index in [0.717, 1.165) is 0 Å². The van der Waals surface area contributed by atoms with Crippen molar-refractivity contribution < 1.29 is 18.7 Å². The Morgan fingerprint density at radius 3 is 2.85 bits per heavy atom. The van der Waals surface area contributed by atoms with Crippen LogP contribution >= 0.6 is 0 Å². The smallest absolute Gasteiger partial charge is 0.405 e. The lowest BCUT2D eigenvalue weighted by Gasteiger charge is -2.02. The van der Waals surface area contributed by atoms with Gasteiger partial charge in [0, 0.05) is 12.1 Å². The lowest BCUT2D eigenvalue weighted by Crippen LogP contribution is -2.34. The van der Waals surface area contributed by atoms with Crippen molar-refractivity contribution in [1.29, 1.82) is 0 Å². The minimum absolute atomic E-state index is 0.0800. The van der Waals surface area contributed by atoms with E-state index in [1.54, 1.807) is 18.2 Å². The summed E-state index contributed by atoms with van der Waals surface area (Å²) in [7, 11) is 0. The molecular formula is C14H10N2O4. The predicted octanol–water partition coefficient (Wildman–Crippen LogP) is 1.82. The average molecular weight is 270 g/mol. The summed E-state index contributed by atoms with van der Waals surface area (Å²) in [5, 5.41) is 11.4. The topological polar surface area (TPSA) is 79.3 Å². The van der Waals surface area contributed by atoms with E-state index < -0.39 is 5.97 Å². The van der Waals surface area contributed by atoms with Crippen molar-refractivity contribution >= 4 is 17.1 Å². The van der Waals surface area contributed by atoms with Gasteiger partial charge >= 0.3 is 11.7 Å². The summed E-state index contributed by atoms with van der Waals surface area (Å²) in [6.45, 7) is -0.123. The quantitative estimate of drug-likeness (QED) is 0.412. The van der Waals surface area contributed by atoms with Crippen molar-refractivity contribution in [3.63, 3.8) is 0 Å². The minimum Gasteiger partial charge on any atom is -0.618 e. The molecule has 3 rings (SSSR count). The Kier molecular flexibility index (Phi) is 3.04. The first kappa shape index (κ1) is 12.2. The van der Waals surface area contributed by atoms with Crippen molar-refractivity contribution in [3.8, 4) is 0 Å². The molecule has 0 bridgehead atoms. The number of ether oxygens (including phenoxy) is 1. The Morgan fingerprint density at radius 1 is 1.25 bits per heavy atom. The van der Waals surface area contributed by atoms with Gasteiger partial charge in [-0.05, 0) is 18.2 Å². The van der Waals surface area contributed by atoms with Gasteiger partial charge in [0.15, 0.2) is 18.4 Å². The van der Waals surface area contributed by atoms with Crippen molar-refractivity contribution in [2.75, 3.05) is 0 Å². The molecule has 6 heteroatoms. The van der Waals surface area contributed by atoms with Gasteiger partial charge in [0.2, 0.25) is 5.89 Å². The Bertz CT molecular complexity index is 733. The number of fused-ring (bicyclic) bond motifs is 1. The van der Waals surface area contributed by atoms with Crippen molar-refractivity contribution in [3.05, 3.63) is 65.5 Å². The molecule has 2 heterocycles. The zero-order valence-electron chi connectivity index (χ0n) is 10.4. The van der Waals surface area contributed by atoms with Crippen molar-refractivity contribution in [1.82, 2.24) is 4.98 Å². The molecule has 0 saturated carbocycles. The molecule has 0 N–H and O–H groups in total. The third kappa shape index (κ3) is 2.31. The number of carbonyl (C=O) groups excluding carboxylic acids is 1. The normalized spacial score (nSPS) is 10.6. The van der Waals surface area contributed by atoms with Gasteiger partial charge in [-0.3, -0.25) is 0 Å². The third-order valence-corrected chi connectivity index (χ3v) is 2.70. The molecule has 3 aromatic rings. The number of oxazole rings is 1. The van der Waals surface area contributed by atoms with Crippen LogP contribution in [0.4, 0.5) is 0 Å². The Hall–Kier alpha value is -2.89. The van der Waals surface area contributed by atoms with E-state index in [1.807, 2.05) is 12.1 Å². The predicted molar refractivity (Wildman–Crippen MR) is 68.5 cm³/mol. The molecule has 2 aromatic heterocycles. The molecule has 0 unspecified atom stereocenters. The number of pyridine rings is 1. The van der Waals surface area contributed by atoms with E-state index in [9.17, 15) is 10.0 Å². The zero-order chi connectivity index (χ0) is 13.9. The van der Waals surface area contributed by atoms with E-state index in [4.69, 9.17) is 9.15 Å². The molecule has 1 aromatic carbocycles. The van der Waals surface area contributed by atoms with E-state index in [0.29, 0.717) is 15.8 Å². The standard InChI is InChI=1S/C14H10N2O4/c17-14(11-6-3-4-8-16(11)18)19-9-13-15-10-5-1-2-7-12(10)20-13/h1-8H,9H2. The molecule has 0 amide bonds. The summed E-state index contributed by atoms with van der Waals surface area (Å²) in [5.41, 5.74) is 1.23. The fourth-order valence-electron chi connectivity index (χ4n) is 1.77. The summed E-state index contributed by atoms with van der Waals surface area (Å²) in [5.74, 6) is -0.434. The summed E-state index contributed by atoms with van der Waals surface area (Å²) >= 11 is 0. The summed E-state index contributed by atoms with van der Waals surface area (Å²) in [4.78, 5) is 15.9. The second kappa shape index (κ2) is 5.00. The van der Waals surface area contributed by atoms with Gasteiger partial charge in [0.25, 0.3) is 0 Å². The van der Waals surface area contributed by atoms with Crippen LogP contribution in [-0.2, 0) is 11.3 Å². The number of para-hydroxylation sites is 2. The SMILES string of the molecule is O=C(OCc1nc2ccccc2o1)c1cccc[n+]1[O-]. The number of aromatic nitrogens is 2. The fraction of sp³-hybridized carbons (Fsp3) is 0.0714. The monoisotopic (exact) mass is 270 g/mol. The van der Waals surface area contributed by atoms with Crippen LogP contribution in [0.25, 0.3) is 11.1 Å². The lowest BCUT2D eigenvalue weighted by molar-refractivity contribution is -0.608. The van der Waals surface area contributed by atoms with Crippen LogP contribution in [0.3, 0.4) is 0 Å². The summed E-state index contributed by atoms with van der Waals surface area (Å²) < 4.78 is 10.9. The molecule has 6 nitrogen and oxygen atoms in total. The molecule has 0 radical (unpaired) electrons. The first-order chi connectivity index (χ1) is 9.74. The molecule has 0 saturated heterocycles. The van der Waals surface area contributed by atoms with Gasteiger partial charge in [-0.1, -0.05) is 12.1 Å². The molecule has 0 spiro atoms. The average Bonchev–Trinajstić information content (AvgIpc) is 2.88. The fourth-order valence-corrected chi connectivity index (χ4v) is 1.77. The van der Waals surface area contributed by atoms with Gasteiger partial charge in [-0.15, -0.1) is 0 Å². The van der Waals surface area contributed by atoms with Gasteiger partial charge in [-0.25, -0.2) is 9.78 Å². The third-order valence-electron chi connectivity index (χ3n) is 2.70. The maximum absolute atomic E-state index is 11.7. The maximum Gasteiger partial charge on any atom is 0.405 e. The van der Waals surface area contributed by atoms with Gasteiger partial charge < -0.3 is 14.4 Å². The van der Waals surface area contributed by atoms with Crippen LogP contribution in [0.15, 0.2) is 53.1 Å². The van der Waals surface area contributed by atoms with Crippen LogP contribution < -0.4 is 4.73 Å². The Labute approximate surface area is 113 Å². The summed E-state index contributed by atoms with van der Waals surface area (Å²) in [6, 6.07) is 11.7. The van der Waals surface area contributed by atoms with Crippen LogP contribution in [0.2, 0.25) is 0 Å². The highest BCUT2D eigenvalue weighted by atomic mass is 16.5. The molecule has 0 aliphatic heterocycles. The lowest BCUT2D eigenvalue weighted by atomic mass is 10.3. The summed E-state index contributed by atoms with van der Waals surface area (Å²) in [6.07, 6.45) is 1.23. The largest absolute Gasteiger partial charge is 0.618 e. The minimum atomic E-state index is -0.720. The number of hydrogen-bond acceptors (Lipinski definition) is 5. The van der Waals surface area contributed by atoms with E-state index in [-0.39, 0.29) is 18.2 Å². The molecule has 0 aliphatic carbocycles. The van der Waals surface area contributed by atoms with Crippen LogP contribution in [0.1, 0.15) is 16.4 Å². The number of hydrogen-bond donors (Lipinski definition) is 0. The molecule has 0 atom stereocenters. The van der Waals surface area contributed by atoms with E-state index >= 15 is 0 Å². The Balaban J connectivity index is 1.73. The van der Waals surface area contributed by atoms with E-state index in [2.05, 4.69) is 4.98 Å². The van der Waals surface area contributed by atoms with Gasteiger partial charge in [0.05, 0.1) is 0 Å². The number of rotatable bonds is 3. The van der Waals surface area contributed by atoms with Crippen molar-refractivity contribution in [2.45, 2.75) is 6.61 Å². The highest BCUT2D eigenvalue weighted by Crippen LogP contribution is 2.15. The van der Waals surface area contributed by atoms with Gasteiger partial charge in [-0.2, -0.15) is 4.73 Å². The van der Waals surface area contributed by atoms with Crippen LogP contribution in [0, 0.1) is 5.21 Å². The number of esters is 1. The molecule has 0 aliphatic rings. The first-order valence-corrected chi connectivity index (χ1v) is 5.94. The maximum atomic E-state index is 11.7.